The van der Waals surface area contributed by atoms with E-state index >= 15 is 0 Å². The smallest absolute Gasteiger partial charge is 0.0653 e. The summed E-state index contributed by atoms with van der Waals surface area (Å²) in [6, 6.07) is 0. The van der Waals surface area contributed by atoms with Crippen molar-refractivity contribution >= 4 is 11.5 Å². The van der Waals surface area contributed by atoms with Crippen molar-refractivity contribution in [3.05, 3.63) is 11.1 Å². The largest absolute Gasteiger partial charge is 0.380 e. The SMILES string of the molecule is NC1(Cc2cnns2)CCCOC1. The molecule has 4 nitrogen and oxygen atoms in total. The van der Waals surface area contributed by atoms with E-state index in [-0.39, 0.29) is 5.54 Å². The van der Waals surface area contributed by atoms with E-state index in [2.05, 4.69) is 9.59 Å². The maximum absolute atomic E-state index is 6.18. The van der Waals surface area contributed by atoms with Gasteiger partial charge in [0.05, 0.1) is 12.8 Å². The topological polar surface area (TPSA) is 61.0 Å². The van der Waals surface area contributed by atoms with Gasteiger partial charge in [0.2, 0.25) is 0 Å². The molecule has 1 aliphatic heterocycles. The van der Waals surface area contributed by atoms with Crippen molar-refractivity contribution in [2.75, 3.05) is 13.2 Å². The normalized spacial score (nSPS) is 29.0. The van der Waals surface area contributed by atoms with E-state index < -0.39 is 0 Å². The summed E-state index contributed by atoms with van der Waals surface area (Å²) in [4.78, 5) is 1.15. The van der Waals surface area contributed by atoms with Gasteiger partial charge in [-0.1, -0.05) is 4.49 Å². The molecular weight excluding hydrogens is 186 g/mol. The van der Waals surface area contributed by atoms with Crippen LogP contribution in [0, 0.1) is 0 Å². The fourth-order valence-electron chi connectivity index (χ4n) is 1.63. The Hall–Kier alpha value is -0.520. The molecule has 0 bridgehead atoms. The first-order valence-corrected chi connectivity index (χ1v) is 5.19. The second-order valence-corrected chi connectivity index (χ2v) is 4.45. The van der Waals surface area contributed by atoms with Gasteiger partial charge in [-0.3, -0.25) is 0 Å². The molecule has 2 N–H and O–H groups in total. The van der Waals surface area contributed by atoms with E-state index in [1.807, 2.05) is 0 Å². The monoisotopic (exact) mass is 199 g/mol. The summed E-state index contributed by atoms with van der Waals surface area (Å²) in [6.45, 7) is 1.50. The van der Waals surface area contributed by atoms with E-state index in [4.69, 9.17) is 10.5 Å². The molecule has 0 aromatic carbocycles. The average Bonchev–Trinajstić information content (AvgIpc) is 2.57. The van der Waals surface area contributed by atoms with Crippen LogP contribution in [0.25, 0.3) is 0 Å². The highest BCUT2D eigenvalue weighted by atomic mass is 32.1. The lowest BCUT2D eigenvalue weighted by Crippen LogP contribution is -2.49. The lowest BCUT2D eigenvalue weighted by atomic mass is 9.90. The van der Waals surface area contributed by atoms with Gasteiger partial charge in [-0.05, 0) is 24.4 Å². The van der Waals surface area contributed by atoms with Crippen LogP contribution in [0.15, 0.2) is 6.20 Å². The Balaban J connectivity index is 1.99. The van der Waals surface area contributed by atoms with Gasteiger partial charge in [-0.15, -0.1) is 5.10 Å². The molecule has 1 aromatic heterocycles. The van der Waals surface area contributed by atoms with Crippen molar-refractivity contribution in [3.63, 3.8) is 0 Å². The third-order valence-corrected chi connectivity index (χ3v) is 2.95. The number of nitrogens with two attached hydrogens (primary N) is 1. The van der Waals surface area contributed by atoms with Gasteiger partial charge in [-0.2, -0.15) is 0 Å². The molecule has 1 saturated heterocycles. The van der Waals surface area contributed by atoms with Gasteiger partial charge < -0.3 is 10.5 Å². The van der Waals surface area contributed by atoms with Crippen molar-refractivity contribution in [1.82, 2.24) is 9.59 Å². The molecule has 0 spiro atoms. The van der Waals surface area contributed by atoms with Crippen molar-refractivity contribution in [1.29, 1.82) is 0 Å². The van der Waals surface area contributed by atoms with E-state index in [9.17, 15) is 0 Å². The Kier molecular flexibility index (Phi) is 2.57. The summed E-state index contributed by atoms with van der Waals surface area (Å²) in [5.41, 5.74) is 5.99. The van der Waals surface area contributed by atoms with Gasteiger partial charge >= 0.3 is 0 Å². The first-order valence-electron chi connectivity index (χ1n) is 4.41. The van der Waals surface area contributed by atoms with Crippen molar-refractivity contribution in [2.24, 2.45) is 5.73 Å². The van der Waals surface area contributed by atoms with Crippen LogP contribution in [-0.4, -0.2) is 28.3 Å². The van der Waals surface area contributed by atoms with E-state index in [1.54, 1.807) is 6.20 Å². The first-order chi connectivity index (χ1) is 6.29. The second kappa shape index (κ2) is 3.69. The molecular formula is C8H13N3OS. The Bertz CT molecular complexity index is 256. The quantitative estimate of drug-likeness (QED) is 0.757. The predicted octanol–water partition coefficient (Wildman–Crippen LogP) is 0.588. The molecule has 1 atom stereocenters. The van der Waals surface area contributed by atoms with Gasteiger partial charge in [0.1, 0.15) is 0 Å². The molecule has 0 saturated carbocycles. The van der Waals surface area contributed by atoms with Crippen LogP contribution in [0.5, 0.6) is 0 Å². The zero-order valence-corrected chi connectivity index (χ0v) is 8.22. The summed E-state index contributed by atoms with van der Waals surface area (Å²) >= 11 is 1.42. The maximum atomic E-state index is 6.18. The van der Waals surface area contributed by atoms with Gasteiger partial charge in [0.25, 0.3) is 0 Å². The summed E-state index contributed by atoms with van der Waals surface area (Å²) in [5.74, 6) is 0. The van der Waals surface area contributed by atoms with Crippen LogP contribution >= 0.6 is 11.5 Å². The molecule has 0 aliphatic carbocycles. The zero-order chi connectivity index (χ0) is 9.15. The number of aromatic nitrogens is 2. The summed E-state index contributed by atoms with van der Waals surface area (Å²) < 4.78 is 9.19. The van der Waals surface area contributed by atoms with Crippen LogP contribution in [0.4, 0.5) is 0 Å². The molecule has 0 amide bonds. The van der Waals surface area contributed by atoms with Crippen LogP contribution < -0.4 is 5.73 Å². The molecule has 1 unspecified atom stereocenters. The van der Waals surface area contributed by atoms with E-state index in [1.165, 1.54) is 11.5 Å². The standard InChI is InChI=1S/C8H13N3OS/c9-8(2-1-3-12-6-8)4-7-5-10-11-13-7/h5H,1-4,6,9H2. The first kappa shape index (κ1) is 9.05. The lowest BCUT2D eigenvalue weighted by Gasteiger charge is -2.32. The van der Waals surface area contributed by atoms with Crippen molar-refractivity contribution < 1.29 is 4.74 Å². The van der Waals surface area contributed by atoms with Gasteiger partial charge in [0, 0.05) is 23.4 Å². The molecule has 2 rings (SSSR count). The van der Waals surface area contributed by atoms with Gasteiger partial charge in [-0.25, -0.2) is 0 Å². The minimum absolute atomic E-state index is 0.188. The molecule has 1 aliphatic rings. The summed E-state index contributed by atoms with van der Waals surface area (Å²) in [6.07, 6.45) is 4.71. The van der Waals surface area contributed by atoms with Gasteiger partial charge in [0.15, 0.2) is 0 Å². The number of ether oxygens (including phenoxy) is 1. The van der Waals surface area contributed by atoms with E-state index in [0.29, 0.717) is 6.61 Å². The van der Waals surface area contributed by atoms with Crippen molar-refractivity contribution in [3.8, 4) is 0 Å². The maximum Gasteiger partial charge on any atom is 0.0653 e. The van der Waals surface area contributed by atoms with Crippen LogP contribution in [0.2, 0.25) is 0 Å². The number of nitrogens with zero attached hydrogens (tertiary/aromatic N) is 2. The Morgan fingerprint density at radius 3 is 3.23 bits per heavy atom. The highest BCUT2D eigenvalue weighted by Gasteiger charge is 2.29. The summed E-state index contributed by atoms with van der Waals surface area (Å²) in [5, 5.41) is 3.79. The third kappa shape index (κ3) is 2.24. The Morgan fingerprint density at radius 1 is 1.69 bits per heavy atom. The van der Waals surface area contributed by atoms with Crippen LogP contribution in [0.1, 0.15) is 17.7 Å². The molecule has 72 valence electrons. The Morgan fingerprint density at radius 2 is 2.62 bits per heavy atom. The Labute approximate surface area is 81.3 Å². The molecule has 13 heavy (non-hydrogen) atoms. The molecule has 1 fully saturated rings. The molecule has 5 heteroatoms. The predicted molar refractivity (Wildman–Crippen MR) is 50.6 cm³/mol. The molecule has 2 heterocycles. The molecule has 1 aromatic rings. The fraction of sp³-hybridized carbons (Fsp3) is 0.750. The summed E-state index contributed by atoms with van der Waals surface area (Å²) in [7, 11) is 0. The van der Waals surface area contributed by atoms with E-state index in [0.717, 1.165) is 30.7 Å². The number of hydrogen-bond acceptors (Lipinski definition) is 5. The van der Waals surface area contributed by atoms with Crippen LogP contribution in [0.3, 0.4) is 0 Å². The van der Waals surface area contributed by atoms with Crippen molar-refractivity contribution in [2.45, 2.75) is 24.8 Å². The number of hydrogen-bond donors (Lipinski definition) is 1. The zero-order valence-electron chi connectivity index (χ0n) is 7.40. The minimum atomic E-state index is -0.188. The van der Waals surface area contributed by atoms with Crippen LogP contribution in [-0.2, 0) is 11.2 Å². The third-order valence-electron chi connectivity index (χ3n) is 2.29. The minimum Gasteiger partial charge on any atom is -0.380 e. The highest BCUT2D eigenvalue weighted by molar-refractivity contribution is 7.05. The molecule has 0 radical (unpaired) electrons. The highest BCUT2D eigenvalue weighted by Crippen LogP contribution is 2.21. The second-order valence-electron chi connectivity index (χ2n) is 3.58. The lowest BCUT2D eigenvalue weighted by molar-refractivity contribution is 0.0385. The average molecular weight is 199 g/mol. The fourth-order valence-corrected chi connectivity index (χ4v) is 2.27. The number of rotatable bonds is 2.